The van der Waals surface area contributed by atoms with Crippen molar-refractivity contribution in [3.05, 3.63) is 52.1 Å². The van der Waals surface area contributed by atoms with E-state index >= 15 is 0 Å². The van der Waals surface area contributed by atoms with Gasteiger partial charge in [0, 0.05) is 5.69 Å². The highest BCUT2D eigenvalue weighted by Crippen LogP contribution is 2.39. The van der Waals surface area contributed by atoms with E-state index in [-0.39, 0.29) is 0 Å². The highest BCUT2D eigenvalue weighted by molar-refractivity contribution is 5.86. The van der Waals surface area contributed by atoms with Gasteiger partial charge in [0.05, 0.1) is 0 Å². The van der Waals surface area contributed by atoms with Crippen molar-refractivity contribution >= 4 is 12.1 Å². The molecule has 0 saturated carbocycles. The standard InChI is InChI=1S/C21H27NO/c1-6-16-11-9-10-14(4)19(16)20-15(5)21(22-13-23)18(8-3)12-17(20)7-2/h9-13H,6-8H2,1-5H3,(H,22,23). The van der Waals surface area contributed by atoms with Crippen molar-refractivity contribution < 1.29 is 4.79 Å². The average Bonchev–Trinajstić information content (AvgIpc) is 2.56. The third-order valence-corrected chi connectivity index (χ3v) is 4.70. The van der Waals surface area contributed by atoms with Crippen LogP contribution in [0.3, 0.4) is 0 Å². The summed E-state index contributed by atoms with van der Waals surface area (Å²) in [4.78, 5) is 11.1. The molecule has 0 fully saturated rings. The number of hydrogen-bond donors (Lipinski definition) is 1. The van der Waals surface area contributed by atoms with Crippen LogP contribution in [-0.4, -0.2) is 6.41 Å². The minimum absolute atomic E-state index is 0.787. The number of benzene rings is 2. The van der Waals surface area contributed by atoms with Crippen LogP contribution < -0.4 is 5.32 Å². The molecule has 0 aliphatic heterocycles. The summed E-state index contributed by atoms with van der Waals surface area (Å²) in [5, 5.41) is 2.93. The lowest BCUT2D eigenvalue weighted by atomic mass is 9.84. The average molecular weight is 309 g/mol. The molecule has 2 aromatic rings. The zero-order valence-electron chi connectivity index (χ0n) is 14.9. The van der Waals surface area contributed by atoms with E-state index < -0.39 is 0 Å². The Balaban J connectivity index is 2.86. The van der Waals surface area contributed by atoms with Crippen LogP contribution in [0.15, 0.2) is 24.3 Å². The predicted octanol–water partition coefficient (Wildman–Crippen LogP) is 5.23. The van der Waals surface area contributed by atoms with Crippen LogP contribution >= 0.6 is 0 Å². The Bertz CT molecular complexity index is 716. The van der Waals surface area contributed by atoms with Gasteiger partial charge < -0.3 is 5.32 Å². The normalized spacial score (nSPS) is 10.7. The molecule has 2 heteroatoms. The molecule has 2 aromatic carbocycles. The molecular formula is C21H27NO. The number of carbonyl (C=O) groups excluding carboxylic acids is 1. The van der Waals surface area contributed by atoms with Crippen LogP contribution in [0.5, 0.6) is 0 Å². The van der Waals surface area contributed by atoms with Gasteiger partial charge in [-0.3, -0.25) is 4.79 Å². The molecular weight excluding hydrogens is 282 g/mol. The summed E-state index contributed by atoms with van der Waals surface area (Å²) < 4.78 is 0. The Morgan fingerprint density at radius 1 is 0.913 bits per heavy atom. The van der Waals surface area contributed by atoms with E-state index in [1.165, 1.54) is 38.9 Å². The summed E-state index contributed by atoms with van der Waals surface area (Å²) in [5.41, 5.74) is 10.0. The Kier molecular flexibility index (Phi) is 5.59. The van der Waals surface area contributed by atoms with Crippen molar-refractivity contribution in [2.75, 3.05) is 5.32 Å². The van der Waals surface area contributed by atoms with Crippen LogP contribution in [0.4, 0.5) is 5.69 Å². The topological polar surface area (TPSA) is 29.1 Å². The summed E-state index contributed by atoms with van der Waals surface area (Å²) in [7, 11) is 0. The molecule has 122 valence electrons. The van der Waals surface area contributed by atoms with E-state index in [9.17, 15) is 4.79 Å². The first-order valence-corrected chi connectivity index (χ1v) is 8.53. The zero-order valence-corrected chi connectivity index (χ0v) is 14.9. The van der Waals surface area contributed by atoms with E-state index in [1.54, 1.807) is 0 Å². The Labute approximate surface area is 139 Å². The fourth-order valence-corrected chi connectivity index (χ4v) is 3.51. The fourth-order valence-electron chi connectivity index (χ4n) is 3.51. The first kappa shape index (κ1) is 17.3. The number of hydrogen-bond acceptors (Lipinski definition) is 1. The second-order valence-electron chi connectivity index (χ2n) is 6.00. The lowest BCUT2D eigenvalue weighted by molar-refractivity contribution is -0.105. The maximum atomic E-state index is 11.1. The Hall–Kier alpha value is -2.09. The minimum Gasteiger partial charge on any atom is -0.328 e. The predicted molar refractivity (Wildman–Crippen MR) is 99.2 cm³/mol. The Morgan fingerprint density at radius 3 is 2.13 bits per heavy atom. The number of amides is 1. The van der Waals surface area contributed by atoms with Crippen molar-refractivity contribution in [2.24, 2.45) is 0 Å². The van der Waals surface area contributed by atoms with Gasteiger partial charge in [0.2, 0.25) is 6.41 Å². The molecule has 0 bridgehead atoms. The summed E-state index contributed by atoms with van der Waals surface area (Å²) in [6, 6.07) is 8.78. The molecule has 0 aliphatic carbocycles. The molecule has 0 radical (unpaired) electrons. The Morgan fingerprint density at radius 2 is 1.57 bits per heavy atom. The van der Waals surface area contributed by atoms with Gasteiger partial charge in [-0.25, -0.2) is 0 Å². The van der Waals surface area contributed by atoms with Crippen molar-refractivity contribution in [3.63, 3.8) is 0 Å². The van der Waals surface area contributed by atoms with Crippen LogP contribution in [0.2, 0.25) is 0 Å². The fraction of sp³-hybridized carbons (Fsp3) is 0.381. The molecule has 0 aromatic heterocycles. The number of aryl methyl sites for hydroxylation is 4. The molecule has 0 atom stereocenters. The lowest BCUT2D eigenvalue weighted by Gasteiger charge is -2.22. The van der Waals surface area contributed by atoms with Crippen LogP contribution in [0.1, 0.15) is 48.6 Å². The van der Waals surface area contributed by atoms with E-state index in [2.05, 4.69) is 64.2 Å². The van der Waals surface area contributed by atoms with Gasteiger partial charge in [0.15, 0.2) is 0 Å². The van der Waals surface area contributed by atoms with E-state index in [0.29, 0.717) is 0 Å². The summed E-state index contributed by atoms with van der Waals surface area (Å²) >= 11 is 0. The van der Waals surface area contributed by atoms with Gasteiger partial charge in [-0.05, 0) is 72.1 Å². The smallest absolute Gasteiger partial charge is 0.211 e. The molecule has 0 aliphatic rings. The quantitative estimate of drug-likeness (QED) is 0.728. The SMILES string of the molecule is CCc1cc(CC)c(-c2c(C)cccc2CC)c(C)c1NC=O. The first-order valence-electron chi connectivity index (χ1n) is 8.53. The van der Waals surface area contributed by atoms with Gasteiger partial charge >= 0.3 is 0 Å². The molecule has 0 unspecified atom stereocenters. The van der Waals surface area contributed by atoms with Crippen LogP contribution in [-0.2, 0) is 24.1 Å². The molecule has 0 spiro atoms. The number of rotatable bonds is 6. The van der Waals surface area contributed by atoms with Gasteiger partial charge in [0.1, 0.15) is 0 Å². The molecule has 1 N–H and O–H groups in total. The highest BCUT2D eigenvalue weighted by atomic mass is 16.1. The third-order valence-electron chi connectivity index (χ3n) is 4.70. The van der Waals surface area contributed by atoms with Gasteiger partial charge in [-0.15, -0.1) is 0 Å². The molecule has 2 nitrogen and oxygen atoms in total. The van der Waals surface area contributed by atoms with Crippen LogP contribution in [0.25, 0.3) is 11.1 Å². The van der Waals surface area contributed by atoms with Gasteiger partial charge in [-0.2, -0.15) is 0 Å². The van der Waals surface area contributed by atoms with Crippen LogP contribution in [0, 0.1) is 13.8 Å². The largest absolute Gasteiger partial charge is 0.328 e. The number of carbonyl (C=O) groups is 1. The molecule has 0 saturated heterocycles. The molecule has 2 rings (SSSR count). The van der Waals surface area contributed by atoms with Crippen molar-refractivity contribution in [1.29, 1.82) is 0 Å². The zero-order chi connectivity index (χ0) is 17.0. The minimum atomic E-state index is 0.787. The van der Waals surface area contributed by atoms with Gasteiger partial charge in [-0.1, -0.05) is 45.0 Å². The molecule has 23 heavy (non-hydrogen) atoms. The van der Waals surface area contributed by atoms with E-state index in [1.807, 2.05) is 0 Å². The third kappa shape index (κ3) is 3.17. The maximum absolute atomic E-state index is 11.1. The number of nitrogens with one attached hydrogen (secondary N) is 1. The van der Waals surface area contributed by atoms with Crippen molar-refractivity contribution in [2.45, 2.75) is 53.9 Å². The lowest BCUT2D eigenvalue weighted by Crippen LogP contribution is -2.06. The summed E-state index contributed by atoms with van der Waals surface area (Å²) in [5.74, 6) is 0. The summed E-state index contributed by atoms with van der Waals surface area (Å²) in [6.07, 6.45) is 3.70. The van der Waals surface area contributed by atoms with E-state index in [0.717, 1.165) is 31.4 Å². The van der Waals surface area contributed by atoms with Gasteiger partial charge in [0.25, 0.3) is 0 Å². The maximum Gasteiger partial charge on any atom is 0.211 e. The number of anilines is 1. The second-order valence-corrected chi connectivity index (χ2v) is 6.00. The highest BCUT2D eigenvalue weighted by Gasteiger charge is 2.18. The van der Waals surface area contributed by atoms with E-state index in [4.69, 9.17) is 0 Å². The monoisotopic (exact) mass is 309 g/mol. The molecule has 0 heterocycles. The first-order chi connectivity index (χ1) is 11.1. The van der Waals surface area contributed by atoms with Crippen molar-refractivity contribution in [3.8, 4) is 11.1 Å². The van der Waals surface area contributed by atoms with Crippen molar-refractivity contribution in [1.82, 2.24) is 0 Å². The molecule has 1 amide bonds. The summed E-state index contributed by atoms with van der Waals surface area (Å²) in [6.45, 7) is 10.8. The second kappa shape index (κ2) is 7.45.